The predicted octanol–water partition coefficient (Wildman–Crippen LogP) is 3.63. The number of carbonyl (C=O) groups is 1. The van der Waals surface area contributed by atoms with Crippen molar-refractivity contribution >= 4 is 28.9 Å². The molecule has 2 aromatic rings. The fourth-order valence-corrected chi connectivity index (χ4v) is 2.44. The molecule has 6 nitrogen and oxygen atoms in total. The van der Waals surface area contributed by atoms with E-state index in [4.69, 9.17) is 11.6 Å². The maximum absolute atomic E-state index is 12.1. The normalized spacial score (nSPS) is 10.7. The highest BCUT2D eigenvalue weighted by molar-refractivity contribution is 6.31. The van der Waals surface area contributed by atoms with E-state index in [0.29, 0.717) is 11.6 Å². The number of nitro benzene ring substituents is 1. The van der Waals surface area contributed by atoms with Crippen molar-refractivity contribution in [3.8, 4) is 0 Å². The molecule has 0 aliphatic heterocycles. The molecule has 126 valence electrons. The van der Waals surface area contributed by atoms with E-state index in [1.807, 2.05) is 43.1 Å². The molecule has 2 aromatic carbocycles. The summed E-state index contributed by atoms with van der Waals surface area (Å²) < 4.78 is 0. The molecule has 0 saturated carbocycles. The van der Waals surface area contributed by atoms with Crippen molar-refractivity contribution in [2.45, 2.75) is 13.5 Å². The summed E-state index contributed by atoms with van der Waals surface area (Å²) in [5.74, 6) is -0.338. The first-order valence-corrected chi connectivity index (χ1v) is 7.71. The maximum atomic E-state index is 12.1. The Morgan fingerprint density at radius 1 is 1.25 bits per heavy atom. The van der Waals surface area contributed by atoms with Gasteiger partial charge in [0.05, 0.1) is 11.5 Å². The van der Waals surface area contributed by atoms with Gasteiger partial charge in [0.25, 0.3) is 5.69 Å². The number of nitrogens with zero attached hydrogens (tertiary/aromatic N) is 2. The topological polar surface area (TPSA) is 75.5 Å². The lowest BCUT2D eigenvalue weighted by atomic mass is 10.1. The number of benzene rings is 2. The van der Waals surface area contributed by atoms with Crippen molar-refractivity contribution < 1.29 is 9.72 Å². The van der Waals surface area contributed by atoms with Crippen LogP contribution < -0.4 is 5.32 Å². The standard InChI is InChI=1S/C17H18ClN3O3/c1-12-3-5-13(6-4-12)10-20(2)11-17(22)19-15-9-14(18)7-8-16(15)21(23)24/h3-9H,10-11H2,1-2H3,(H,19,22). The molecule has 7 heteroatoms. The third kappa shape index (κ3) is 5.04. The summed E-state index contributed by atoms with van der Waals surface area (Å²) >= 11 is 5.85. The molecule has 0 saturated heterocycles. The van der Waals surface area contributed by atoms with Gasteiger partial charge in [0.1, 0.15) is 5.69 Å². The zero-order chi connectivity index (χ0) is 17.7. The van der Waals surface area contributed by atoms with Crippen LogP contribution in [-0.2, 0) is 11.3 Å². The average Bonchev–Trinajstić information content (AvgIpc) is 2.49. The molecule has 1 amide bonds. The summed E-state index contributed by atoms with van der Waals surface area (Å²) in [6.07, 6.45) is 0. The van der Waals surface area contributed by atoms with Crippen LogP contribution in [0.5, 0.6) is 0 Å². The van der Waals surface area contributed by atoms with Gasteiger partial charge in [-0.25, -0.2) is 0 Å². The third-order valence-corrected chi connectivity index (χ3v) is 3.65. The minimum Gasteiger partial charge on any atom is -0.319 e. The van der Waals surface area contributed by atoms with Gasteiger partial charge in [-0.3, -0.25) is 19.8 Å². The molecule has 2 rings (SSSR count). The molecule has 0 atom stereocenters. The Morgan fingerprint density at radius 3 is 2.54 bits per heavy atom. The van der Waals surface area contributed by atoms with E-state index in [0.717, 1.165) is 5.56 Å². The van der Waals surface area contributed by atoms with Crippen molar-refractivity contribution in [1.29, 1.82) is 0 Å². The average molecular weight is 348 g/mol. The van der Waals surface area contributed by atoms with E-state index in [1.54, 1.807) is 0 Å². The van der Waals surface area contributed by atoms with E-state index in [2.05, 4.69) is 5.32 Å². The van der Waals surface area contributed by atoms with Crippen molar-refractivity contribution in [2.24, 2.45) is 0 Å². The largest absolute Gasteiger partial charge is 0.319 e. The van der Waals surface area contributed by atoms with E-state index in [1.165, 1.54) is 23.8 Å². The van der Waals surface area contributed by atoms with Crippen LogP contribution in [0.4, 0.5) is 11.4 Å². The maximum Gasteiger partial charge on any atom is 0.292 e. The number of rotatable bonds is 6. The lowest BCUT2D eigenvalue weighted by Crippen LogP contribution is -2.30. The fourth-order valence-electron chi connectivity index (χ4n) is 2.26. The van der Waals surface area contributed by atoms with Crippen molar-refractivity contribution in [3.63, 3.8) is 0 Å². The first kappa shape index (κ1) is 17.9. The molecule has 0 aromatic heterocycles. The van der Waals surface area contributed by atoms with Gasteiger partial charge in [0, 0.05) is 17.6 Å². The fraction of sp³-hybridized carbons (Fsp3) is 0.235. The van der Waals surface area contributed by atoms with Gasteiger partial charge in [0.2, 0.25) is 5.91 Å². The molecule has 0 aliphatic rings. The Labute approximate surface area is 145 Å². The van der Waals surface area contributed by atoms with Gasteiger partial charge in [-0.15, -0.1) is 0 Å². The molecule has 0 aliphatic carbocycles. The van der Waals surface area contributed by atoms with Gasteiger partial charge in [0.15, 0.2) is 0 Å². The quantitative estimate of drug-likeness (QED) is 0.639. The molecule has 0 heterocycles. The second-order valence-corrected chi connectivity index (χ2v) is 6.06. The number of aryl methyl sites for hydroxylation is 1. The lowest BCUT2D eigenvalue weighted by Gasteiger charge is -2.16. The summed E-state index contributed by atoms with van der Waals surface area (Å²) in [6, 6.07) is 12.1. The van der Waals surface area contributed by atoms with Crippen LogP contribution in [0.3, 0.4) is 0 Å². The number of amides is 1. The highest BCUT2D eigenvalue weighted by atomic mass is 35.5. The Balaban J connectivity index is 1.99. The van der Waals surface area contributed by atoms with Crippen LogP contribution in [0.15, 0.2) is 42.5 Å². The smallest absolute Gasteiger partial charge is 0.292 e. The Bertz CT molecular complexity index is 747. The van der Waals surface area contributed by atoms with Crippen molar-refractivity contribution in [2.75, 3.05) is 18.9 Å². The van der Waals surface area contributed by atoms with Crippen LogP contribution in [0, 0.1) is 17.0 Å². The van der Waals surface area contributed by atoms with Crippen LogP contribution in [0.2, 0.25) is 5.02 Å². The second-order valence-electron chi connectivity index (χ2n) is 5.62. The number of hydrogen-bond donors (Lipinski definition) is 1. The number of anilines is 1. The van der Waals surface area contributed by atoms with Gasteiger partial charge in [-0.2, -0.15) is 0 Å². The van der Waals surface area contributed by atoms with Gasteiger partial charge < -0.3 is 5.32 Å². The molecular weight excluding hydrogens is 330 g/mol. The molecule has 0 unspecified atom stereocenters. The van der Waals surface area contributed by atoms with Crippen LogP contribution in [0.25, 0.3) is 0 Å². The molecule has 0 radical (unpaired) electrons. The number of likely N-dealkylation sites (N-methyl/N-ethyl adjacent to an activating group) is 1. The molecule has 0 spiro atoms. The molecule has 24 heavy (non-hydrogen) atoms. The number of nitro groups is 1. The second kappa shape index (κ2) is 7.90. The third-order valence-electron chi connectivity index (χ3n) is 3.42. The molecule has 0 bridgehead atoms. The monoisotopic (exact) mass is 347 g/mol. The van der Waals surface area contributed by atoms with Crippen LogP contribution in [0.1, 0.15) is 11.1 Å². The minimum atomic E-state index is -0.554. The highest BCUT2D eigenvalue weighted by Crippen LogP contribution is 2.27. The van der Waals surface area contributed by atoms with Crippen LogP contribution in [-0.4, -0.2) is 29.3 Å². The highest BCUT2D eigenvalue weighted by Gasteiger charge is 2.17. The van der Waals surface area contributed by atoms with Gasteiger partial charge in [-0.05, 0) is 31.7 Å². The first-order chi connectivity index (χ1) is 11.3. The Hall–Kier alpha value is -2.44. The summed E-state index contributed by atoms with van der Waals surface area (Å²) in [4.78, 5) is 24.4. The SMILES string of the molecule is Cc1ccc(CN(C)CC(=O)Nc2cc(Cl)ccc2[N+](=O)[O-])cc1. The molecule has 0 fully saturated rings. The minimum absolute atomic E-state index is 0.0984. The Kier molecular flexibility index (Phi) is 5.89. The summed E-state index contributed by atoms with van der Waals surface area (Å²) in [7, 11) is 1.81. The first-order valence-electron chi connectivity index (χ1n) is 7.33. The number of nitrogens with one attached hydrogen (secondary N) is 1. The predicted molar refractivity (Wildman–Crippen MR) is 94.2 cm³/mol. The number of halogens is 1. The summed E-state index contributed by atoms with van der Waals surface area (Å²) in [5.41, 5.74) is 2.17. The molecular formula is C17H18ClN3O3. The van der Waals surface area contributed by atoms with Crippen LogP contribution >= 0.6 is 11.6 Å². The number of carbonyl (C=O) groups excluding carboxylic acids is 1. The van der Waals surface area contributed by atoms with Crippen molar-refractivity contribution in [1.82, 2.24) is 4.90 Å². The van der Waals surface area contributed by atoms with E-state index in [-0.39, 0.29) is 23.8 Å². The van der Waals surface area contributed by atoms with Gasteiger partial charge in [-0.1, -0.05) is 41.4 Å². The lowest BCUT2D eigenvalue weighted by molar-refractivity contribution is -0.383. The van der Waals surface area contributed by atoms with E-state index < -0.39 is 4.92 Å². The molecule has 1 N–H and O–H groups in total. The number of hydrogen-bond acceptors (Lipinski definition) is 4. The zero-order valence-corrected chi connectivity index (χ0v) is 14.2. The summed E-state index contributed by atoms with van der Waals surface area (Å²) in [6.45, 7) is 2.72. The summed E-state index contributed by atoms with van der Waals surface area (Å²) in [5, 5.41) is 13.9. The van der Waals surface area contributed by atoms with Crippen molar-refractivity contribution in [3.05, 3.63) is 68.7 Å². The van der Waals surface area contributed by atoms with E-state index in [9.17, 15) is 14.9 Å². The van der Waals surface area contributed by atoms with E-state index >= 15 is 0 Å². The zero-order valence-electron chi connectivity index (χ0n) is 13.5. The van der Waals surface area contributed by atoms with Gasteiger partial charge >= 0.3 is 0 Å². The Morgan fingerprint density at radius 2 is 1.92 bits per heavy atom.